The van der Waals surface area contributed by atoms with Gasteiger partial charge in [0.15, 0.2) is 5.60 Å². The number of fused-ring (bicyclic) bond motifs is 2. The summed E-state index contributed by atoms with van der Waals surface area (Å²) in [5, 5.41) is 2.41. The van der Waals surface area contributed by atoms with Crippen molar-refractivity contribution in [3.05, 3.63) is 83.9 Å². The molecular formula is C28H28O2. The van der Waals surface area contributed by atoms with Crippen molar-refractivity contribution in [3.8, 4) is 11.1 Å². The summed E-state index contributed by atoms with van der Waals surface area (Å²) in [6.07, 6.45) is 4.51. The van der Waals surface area contributed by atoms with Crippen LogP contribution in [0.4, 0.5) is 0 Å². The molecule has 5 rings (SSSR count). The Morgan fingerprint density at radius 1 is 0.967 bits per heavy atom. The van der Waals surface area contributed by atoms with Gasteiger partial charge in [-0.2, -0.15) is 0 Å². The average Bonchev–Trinajstić information content (AvgIpc) is 2.76. The third-order valence-electron chi connectivity index (χ3n) is 7.04. The monoisotopic (exact) mass is 396 g/mol. The van der Waals surface area contributed by atoms with Crippen molar-refractivity contribution in [2.75, 3.05) is 0 Å². The summed E-state index contributed by atoms with van der Waals surface area (Å²) in [5.74, 6) is 0.553. The summed E-state index contributed by atoms with van der Waals surface area (Å²) in [5.41, 5.74) is 4.31. The minimum absolute atomic E-state index is 0.240. The van der Waals surface area contributed by atoms with Crippen LogP contribution in [-0.4, -0.2) is 5.97 Å². The average molecular weight is 397 g/mol. The Labute approximate surface area is 178 Å². The summed E-state index contributed by atoms with van der Waals surface area (Å²) < 4.78 is 6.56. The molecule has 2 aliphatic carbocycles. The SMILES string of the molecule is C=C(C)C(=O)OC1(C2CCCC(C)C2)c2ccccc2-c2cccc3cccc1c23. The van der Waals surface area contributed by atoms with E-state index in [0.717, 1.165) is 30.4 Å². The highest BCUT2D eigenvalue weighted by Gasteiger charge is 2.51. The number of benzene rings is 3. The van der Waals surface area contributed by atoms with Gasteiger partial charge in [-0.25, -0.2) is 4.79 Å². The van der Waals surface area contributed by atoms with Gasteiger partial charge in [-0.05, 0) is 47.6 Å². The maximum Gasteiger partial charge on any atom is 0.334 e. The van der Waals surface area contributed by atoms with Crippen LogP contribution in [0.3, 0.4) is 0 Å². The van der Waals surface area contributed by atoms with Crippen molar-refractivity contribution in [1.82, 2.24) is 0 Å². The molecule has 0 spiro atoms. The summed E-state index contributed by atoms with van der Waals surface area (Å²) in [6.45, 7) is 7.95. The Hall–Kier alpha value is -2.87. The van der Waals surface area contributed by atoms with Crippen molar-refractivity contribution in [2.45, 2.75) is 45.1 Å². The summed E-state index contributed by atoms with van der Waals surface area (Å²) in [6, 6.07) is 21.4. The van der Waals surface area contributed by atoms with E-state index in [9.17, 15) is 4.79 Å². The molecule has 0 radical (unpaired) electrons. The Balaban J connectivity index is 1.88. The smallest absolute Gasteiger partial charge is 0.334 e. The van der Waals surface area contributed by atoms with Crippen LogP contribution < -0.4 is 0 Å². The predicted octanol–water partition coefficient (Wildman–Crippen LogP) is 7.01. The Bertz CT molecular complexity index is 1150. The van der Waals surface area contributed by atoms with Crippen LogP contribution in [0.1, 0.15) is 50.7 Å². The molecule has 1 saturated carbocycles. The molecule has 152 valence electrons. The third kappa shape index (κ3) is 2.74. The number of rotatable bonds is 3. The molecule has 3 atom stereocenters. The number of esters is 1. The lowest BCUT2D eigenvalue weighted by molar-refractivity contribution is -0.159. The summed E-state index contributed by atoms with van der Waals surface area (Å²) in [7, 11) is 0. The molecule has 0 saturated heterocycles. The lowest BCUT2D eigenvalue weighted by atomic mass is 9.63. The molecule has 0 bridgehead atoms. The van der Waals surface area contributed by atoms with Crippen LogP contribution in [0, 0.1) is 11.8 Å². The summed E-state index contributed by atoms with van der Waals surface area (Å²) in [4.78, 5) is 13.1. The molecule has 2 heteroatoms. The molecule has 30 heavy (non-hydrogen) atoms. The molecule has 3 unspecified atom stereocenters. The van der Waals surface area contributed by atoms with Gasteiger partial charge >= 0.3 is 5.97 Å². The second-order valence-electron chi connectivity index (χ2n) is 9.13. The van der Waals surface area contributed by atoms with E-state index in [0.29, 0.717) is 11.5 Å². The fraction of sp³-hybridized carbons (Fsp3) is 0.321. The third-order valence-corrected chi connectivity index (χ3v) is 7.04. The van der Waals surface area contributed by atoms with E-state index in [4.69, 9.17) is 4.74 Å². The molecule has 0 aromatic heterocycles. The van der Waals surface area contributed by atoms with Crippen molar-refractivity contribution >= 4 is 16.7 Å². The van der Waals surface area contributed by atoms with Crippen molar-refractivity contribution < 1.29 is 9.53 Å². The molecule has 3 aromatic rings. The van der Waals surface area contributed by atoms with Crippen LogP contribution >= 0.6 is 0 Å². The zero-order valence-electron chi connectivity index (χ0n) is 17.8. The largest absolute Gasteiger partial charge is 0.446 e. The molecule has 0 heterocycles. The van der Waals surface area contributed by atoms with Gasteiger partial charge < -0.3 is 4.74 Å². The zero-order valence-corrected chi connectivity index (χ0v) is 17.8. The van der Waals surface area contributed by atoms with Gasteiger partial charge in [0.2, 0.25) is 0 Å². The zero-order chi connectivity index (χ0) is 20.9. The van der Waals surface area contributed by atoms with Gasteiger partial charge in [-0.1, -0.05) is 87.0 Å². The first-order valence-corrected chi connectivity index (χ1v) is 11.0. The predicted molar refractivity (Wildman–Crippen MR) is 122 cm³/mol. The topological polar surface area (TPSA) is 26.3 Å². The highest BCUT2D eigenvalue weighted by molar-refractivity contribution is 6.03. The van der Waals surface area contributed by atoms with Gasteiger partial charge in [0, 0.05) is 22.6 Å². The molecule has 3 aromatic carbocycles. The van der Waals surface area contributed by atoms with E-state index in [1.54, 1.807) is 6.92 Å². The van der Waals surface area contributed by atoms with Gasteiger partial charge in [0.25, 0.3) is 0 Å². The van der Waals surface area contributed by atoms with Crippen molar-refractivity contribution in [2.24, 2.45) is 11.8 Å². The van der Waals surface area contributed by atoms with E-state index in [1.165, 1.54) is 28.3 Å². The highest BCUT2D eigenvalue weighted by atomic mass is 16.6. The number of hydrogen-bond acceptors (Lipinski definition) is 2. The second-order valence-corrected chi connectivity index (χ2v) is 9.13. The van der Waals surface area contributed by atoms with Crippen LogP contribution in [0.15, 0.2) is 72.8 Å². The standard InChI is InChI=1S/C28H28O2/c1-18(2)27(29)30-28(21-12-6-9-19(3)17-21)24-15-5-4-13-22(24)23-14-7-10-20-11-8-16-25(28)26(20)23/h4-5,7-8,10-11,13-16,19,21H,1,6,9,12,17H2,2-3H3. The van der Waals surface area contributed by atoms with E-state index >= 15 is 0 Å². The second kappa shape index (κ2) is 7.12. The van der Waals surface area contributed by atoms with Crippen LogP contribution in [0.5, 0.6) is 0 Å². The van der Waals surface area contributed by atoms with Crippen LogP contribution in [-0.2, 0) is 15.1 Å². The van der Waals surface area contributed by atoms with Gasteiger partial charge in [-0.3, -0.25) is 0 Å². The van der Waals surface area contributed by atoms with Gasteiger partial charge in [0.1, 0.15) is 0 Å². The molecule has 0 N–H and O–H groups in total. The number of hydrogen-bond donors (Lipinski definition) is 0. The maximum absolute atomic E-state index is 13.1. The molecule has 1 fully saturated rings. The minimum atomic E-state index is -0.783. The van der Waals surface area contributed by atoms with Crippen LogP contribution in [0.2, 0.25) is 0 Å². The maximum atomic E-state index is 13.1. The Morgan fingerprint density at radius 3 is 2.43 bits per heavy atom. The van der Waals surface area contributed by atoms with E-state index in [2.05, 4.69) is 74.2 Å². The fourth-order valence-electron chi connectivity index (χ4n) is 5.73. The number of carbonyl (C=O) groups is 1. The van der Waals surface area contributed by atoms with Crippen LogP contribution in [0.25, 0.3) is 21.9 Å². The highest BCUT2D eigenvalue weighted by Crippen LogP contribution is 2.56. The Morgan fingerprint density at radius 2 is 1.67 bits per heavy atom. The van der Waals surface area contributed by atoms with E-state index < -0.39 is 5.60 Å². The van der Waals surface area contributed by atoms with E-state index in [-0.39, 0.29) is 11.9 Å². The first-order chi connectivity index (χ1) is 14.5. The molecular weight excluding hydrogens is 368 g/mol. The molecule has 2 aliphatic rings. The number of ether oxygens (including phenoxy) is 1. The molecule has 0 aliphatic heterocycles. The molecule has 2 nitrogen and oxygen atoms in total. The quantitative estimate of drug-likeness (QED) is 0.351. The van der Waals surface area contributed by atoms with E-state index in [1.807, 2.05) is 0 Å². The summed E-state index contributed by atoms with van der Waals surface area (Å²) >= 11 is 0. The van der Waals surface area contributed by atoms with Gasteiger partial charge in [0.05, 0.1) is 0 Å². The fourth-order valence-corrected chi connectivity index (χ4v) is 5.73. The first-order valence-electron chi connectivity index (χ1n) is 11.0. The minimum Gasteiger partial charge on any atom is -0.446 e. The van der Waals surface area contributed by atoms with Crippen molar-refractivity contribution in [3.63, 3.8) is 0 Å². The lowest BCUT2D eigenvalue weighted by Crippen LogP contribution is -2.45. The van der Waals surface area contributed by atoms with Gasteiger partial charge in [-0.15, -0.1) is 0 Å². The Kier molecular flexibility index (Phi) is 4.54. The van der Waals surface area contributed by atoms with Crippen molar-refractivity contribution in [1.29, 1.82) is 0 Å². The normalized spacial score (nSPS) is 24.9. The molecule has 0 amide bonds. The number of carbonyl (C=O) groups excluding carboxylic acids is 1. The lowest BCUT2D eigenvalue weighted by Gasteiger charge is -2.47. The first kappa shape index (κ1) is 19.1.